The van der Waals surface area contributed by atoms with Gasteiger partial charge in [-0.15, -0.1) is 0 Å². The van der Waals surface area contributed by atoms with Crippen molar-refractivity contribution in [3.63, 3.8) is 0 Å². The topological polar surface area (TPSA) is 117 Å². The Morgan fingerprint density at radius 2 is 1.73 bits per heavy atom. The fourth-order valence-electron chi connectivity index (χ4n) is 4.32. The highest BCUT2D eigenvalue weighted by molar-refractivity contribution is 5.26. The molecule has 11 nitrogen and oxygen atoms in total. The molecule has 0 N–H and O–H groups in total. The summed E-state index contributed by atoms with van der Waals surface area (Å²) in [5.41, 5.74) is 0. The van der Waals surface area contributed by atoms with E-state index in [9.17, 15) is 0 Å². The summed E-state index contributed by atoms with van der Waals surface area (Å²) in [4.78, 5) is 19.3. The van der Waals surface area contributed by atoms with Crippen molar-refractivity contribution in [2.24, 2.45) is 0 Å². The van der Waals surface area contributed by atoms with E-state index in [1.807, 2.05) is 0 Å². The molecule has 1 saturated heterocycles. The second kappa shape index (κ2) is 9.82. The number of aromatic nitrogens is 7. The second-order valence-electron chi connectivity index (χ2n) is 8.98. The number of hydrogen-bond donors (Lipinski definition) is 0. The minimum absolute atomic E-state index is 0.144. The zero-order valence-corrected chi connectivity index (χ0v) is 19.1. The third-order valence-electron chi connectivity index (χ3n) is 6.22. The number of ether oxygens (including phenoxy) is 2. The minimum atomic E-state index is 0.144. The fourth-order valence-corrected chi connectivity index (χ4v) is 4.32. The van der Waals surface area contributed by atoms with Crippen LogP contribution in [0.4, 0.5) is 6.01 Å². The molecule has 1 aliphatic heterocycles. The Labute approximate surface area is 192 Å². The third-order valence-corrected chi connectivity index (χ3v) is 6.22. The second-order valence-corrected chi connectivity index (χ2v) is 8.98. The maximum atomic E-state index is 6.42. The molecule has 0 atom stereocenters. The van der Waals surface area contributed by atoms with Crippen molar-refractivity contribution in [1.29, 1.82) is 0 Å². The Morgan fingerprint density at radius 1 is 0.970 bits per heavy atom. The van der Waals surface area contributed by atoms with E-state index in [2.05, 4.69) is 48.9 Å². The number of anilines is 1. The van der Waals surface area contributed by atoms with Crippen molar-refractivity contribution in [2.45, 2.75) is 76.6 Å². The highest BCUT2D eigenvalue weighted by atomic mass is 16.5. The molecule has 1 aliphatic carbocycles. The third kappa shape index (κ3) is 5.29. The normalized spacial score (nSPS) is 22.1. The number of nitrogens with zero attached hydrogens (tertiary/aromatic N) is 8. The molecule has 11 heteroatoms. The van der Waals surface area contributed by atoms with E-state index in [0.717, 1.165) is 57.4 Å². The van der Waals surface area contributed by atoms with Crippen LogP contribution in [0.1, 0.15) is 64.1 Å². The first kappa shape index (κ1) is 21.7. The standard InChI is InChI=1S/C22H30N8O3/c1-15(2)21-27-22(33-28-21)29-9-7-18(8-10-29)31-16-3-5-17(6-4-16)32-20-12-24-19(11-25-20)30-14-23-13-26-30/h11-18H,3-10H2,1-2H3/t16-,17-. The monoisotopic (exact) mass is 454 g/mol. The van der Waals surface area contributed by atoms with E-state index in [4.69, 9.17) is 14.0 Å². The van der Waals surface area contributed by atoms with Crippen LogP contribution in [0.15, 0.2) is 29.6 Å². The van der Waals surface area contributed by atoms with Gasteiger partial charge in [0.25, 0.3) is 0 Å². The Morgan fingerprint density at radius 3 is 2.36 bits per heavy atom. The van der Waals surface area contributed by atoms with E-state index in [1.165, 1.54) is 6.33 Å². The SMILES string of the molecule is CC(C)c1noc(N2CCC(O[C@H]3CC[C@H](Oc4cnc(-n5cncn5)cn4)CC3)CC2)n1. The van der Waals surface area contributed by atoms with Gasteiger partial charge in [0, 0.05) is 19.0 Å². The molecular weight excluding hydrogens is 424 g/mol. The molecule has 5 rings (SSSR count). The van der Waals surface area contributed by atoms with Crippen LogP contribution in [0.3, 0.4) is 0 Å². The van der Waals surface area contributed by atoms with Crippen molar-refractivity contribution >= 4 is 6.01 Å². The Bertz CT molecular complexity index is 991. The summed E-state index contributed by atoms with van der Waals surface area (Å²) in [6.07, 6.45) is 12.9. The molecule has 1 saturated carbocycles. The molecule has 3 aromatic rings. The van der Waals surface area contributed by atoms with Crippen molar-refractivity contribution in [3.8, 4) is 11.7 Å². The van der Waals surface area contributed by atoms with Crippen LogP contribution in [-0.2, 0) is 4.74 Å². The predicted molar refractivity (Wildman–Crippen MR) is 118 cm³/mol. The molecule has 0 spiro atoms. The van der Waals surface area contributed by atoms with E-state index >= 15 is 0 Å². The molecular formula is C22H30N8O3. The Kier molecular flexibility index (Phi) is 6.47. The molecule has 0 bridgehead atoms. The average molecular weight is 455 g/mol. The summed E-state index contributed by atoms with van der Waals surface area (Å²) >= 11 is 0. The van der Waals surface area contributed by atoms with Crippen molar-refractivity contribution in [1.82, 2.24) is 34.9 Å². The van der Waals surface area contributed by atoms with Crippen LogP contribution in [0.2, 0.25) is 0 Å². The number of piperidine rings is 1. The highest BCUT2D eigenvalue weighted by Crippen LogP contribution is 2.28. The van der Waals surface area contributed by atoms with Crippen LogP contribution in [-0.4, -0.2) is 66.3 Å². The largest absolute Gasteiger partial charge is 0.473 e. The molecule has 0 aromatic carbocycles. The van der Waals surface area contributed by atoms with E-state index < -0.39 is 0 Å². The molecule has 2 aliphatic rings. The molecule has 2 fully saturated rings. The zero-order valence-electron chi connectivity index (χ0n) is 19.1. The van der Waals surface area contributed by atoms with Crippen LogP contribution in [0, 0.1) is 0 Å². The van der Waals surface area contributed by atoms with E-state index in [1.54, 1.807) is 23.4 Å². The van der Waals surface area contributed by atoms with Gasteiger partial charge in [-0.1, -0.05) is 19.0 Å². The van der Waals surface area contributed by atoms with Gasteiger partial charge in [-0.25, -0.2) is 19.6 Å². The first-order valence-electron chi connectivity index (χ1n) is 11.7. The lowest BCUT2D eigenvalue weighted by molar-refractivity contribution is -0.0533. The van der Waals surface area contributed by atoms with Gasteiger partial charge in [0.15, 0.2) is 11.6 Å². The molecule has 0 unspecified atom stereocenters. The van der Waals surface area contributed by atoms with Gasteiger partial charge < -0.3 is 18.9 Å². The van der Waals surface area contributed by atoms with E-state index in [0.29, 0.717) is 17.7 Å². The van der Waals surface area contributed by atoms with Crippen molar-refractivity contribution < 1.29 is 14.0 Å². The van der Waals surface area contributed by atoms with Gasteiger partial charge in [0.2, 0.25) is 5.88 Å². The summed E-state index contributed by atoms with van der Waals surface area (Å²) < 4.78 is 19.5. The zero-order chi connectivity index (χ0) is 22.6. The summed E-state index contributed by atoms with van der Waals surface area (Å²) in [6.45, 7) is 5.90. The summed E-state index contributed by atoms with van der Waals surface area (Å²) in [6, 6.07) is 0.632. The molecule has 33 heavy (non-hydrogen) atoms. The lowest BCUT2D eigenvalue weighted by Gasteiger charge is -2.35. The van der Waals surface area contributed by atoms with Gasteiger partial charge in [0.05, 0.1) is 24.6 Å². The van der Waals surface area contributed by atoms with Gasteiger partial charge >= 0.3 is 6.01 Å². The van der Waals surface area contributed by atoms with Crippen LogP contribution in [0.5, 0.6) is 5.88 Å². The summed E-state index contributed by atoms with van der Waals surface area (Å²) in [7, 11) is 0. The van der Waals surface area contributed by atoms with Crippen LogP contribution >= 0.6 is 0 Å². The van der Waals surface area contributed by atoms with Gasteiger partial charge in [-0.05, 0) is 38.5 Å². The quantitative estimate of drug-likeness (QED) is 0.527. The minimum Gasteiger partial charge on any atom is -0.473 e. The molecule has 0 amide bonds. The molecule has 3 aromatic heterocycles. The van der Waals surface area contributed by atoms with E-state index in [-0.39, 0.29) is 24.2 Å². The van der Waals surface area contributed by atoms with Gasteiger partial charge in [-0.2, -0.15) is 10.1 Å². The van der Waals surface area contributed by atoms with Crippen LogP contribution < -0.4 is 9.64 Å². The van der Waals surface area contributed by atoms with Crippen molar-refractivity contribution in [3.05, 3.63) is 30.9 Å². The lowest BCUT2D eigenvalue weighted by atomic mass is 9.94. The smallest absolute Gasteiger partial charge is 0.324 e. The maximum absolute atomic E-state index is 6.42. The fraction of sp³-hybridized carbons (Fsp3) is 0.636. The van der Waals surface area contributed by atoms with Gasteiger partial charge in [0.1, 0.15) is 18.8 Å². The number of hydrogen-bond acceptors (Lipinski definition) is 10. The van der Waals surface area contributed by atoms with Gasteiger partial charge in [-0.3, -0.25) is 0 Å². The van der Waals surface area contributed by atoms with Crippen molar-refractivity contribution in [2.75, 3.05) is 18.0 Å². The molecule has 0 radical (unpaired) electrons. The summed E-state index contributed by atoms with van der Waals surface area (Å²) in [5.74, 6) is 2.19. The number of rotatable bonds is 7. The van der Waals surface area contributed by atoms with Crippen LogP contribution in [0.25, 0.3) is 5.82 Å². The summed E-state index contributed by atoms with van der Waals surface area (Å²) in [5, 5.41) is 8.12. The molecule has 4 heterocycles. The molecule has 176 valence electrons. The average Bonchev–Trinajstić information content (AvgIpc) is 3.54. The first-order valence-corrected chi connectivity index (χ1v) is 11.7. The first-order chi connectivity index (χ1) is 16.1. The Balaban J connectivity index is 1.03. The maximum Gasteiger partial charge on any atom is 0.324 e. The Hall–Kier alpha value is -3.08. The highest BCUT2D eigenvalue weighted by Gasteiger charge is 2.29. The predicted octanol–water partition coefficient (Wildman–Crippen LogP) is 2.94. The lowest BCUT2D eigenvalue weighted by Crippen LogP contribution is -2.39.